The molecule has 12 aromatic rings. The van der Waals surface area contributed by atoms with Crippen LogP contribution in [0.1, 0.15) is 89.0 Å². The van der Waals surface area contributed by atoms with Crippen LogP contribution in [0, 0.1) is 94.7 Å². The van der Waals surface area contributed by atoms with Gasteiger partial charge >= 0.3 is 81.7 Å². The first kappa shape index (κ1) is 111. The Bertz CT molecular complexity index is 4400. The summed E-state index contributed by atoms with van der Waals surface area (Å²) >= 11 is 0. The predicted molar refractivity (Wildman–Crippen MR) is 496 cm³/mol. The molecule has 0 spiro atoms. The van der Waals surface area contributed by atoms with Crippen LogP contribution in [-0.4, -0.2) is 244 Å². The average Bonchev–Trinajstić information content (AvgIpc) is 0.899. The number of pyridine rings is 8. The summed E-state index contributed by atoms with van der Waals surface area (Å²) in [5, 5.41) is 0. The van der Waals surface area contributed by atoms with E-state index >= 15 is 0 Å². The van der Waals surface area contributed by atoms with Crippen LogP contribution in [0.4, 0.5) is 0 Å². The van der Waals surface area contributed by atoms with Gasteiger partial charge < -0.3 is 39.2 Å². The van der Waals surface area contributed by atoms with Gasteiger partial charge in [0.05, 0.1) is 0 Å². The molecule has 8 heterocycles. The molecule has 0 atom stereocenters. The molecule has 0 aliphatic rings. The van der Waals surface area contributed by atoms with E-state index in [0.29, 0.717) is 0 Å². The van der Waals surface area contributed by atoms with Crippen LogP contribution in [0.5, 0.6) is 0 Å². The maximum Gasteiger partial charge on any atom is 2.00 e. The third-order valence-corrected chi connectivity index (χ3v) is 15.7. The van der Waals surface area contributed by atoms with Gasteiger partial charge in [-0.15, -0.1) is 0 Å². The Hall–Kier alpha value is -11.1. The molecule has 0 N–H and O–H groups in total. The zero-order valence-corrected chi connectivity index (χ0v) is 80.0. The molecule has 640 valence electrons. The third kappa shape index (κ3) is 57.3. The number of hydrogen-bond acceptors (Lipinski definition) is 16. The van der Waals surface area contributed by atoms with Crippen molar-refractivity contribution >= 4 is 0 Å². The van der Waals surface area contributed by atoms with Crippen LogP contribution in [0.3, 0.4) is 0 Å². The van der Waals surface area contributed by atoms with Gasteiger partial charge in [-0.05, 0) is 283 Å². The Morgan fingerprint density at radius 2 is 0.234 bits per heavy atom. The van der Waals surface area contributed by atoms with Gasteiger partial charge in [0, 0.05) is 241 Å². The predicted octanol–water partition coefficient (Wildman–Crippen LogP) is 13.5. The minimum Gasteiger partial charge on any atom is -0.308 e. The van der Waals surface area contributed by atoms with Crippen molar-refractivity contribution < 1.29 is 81.7 Å². The normalized spacial score (nSPS) is 9.35. The summed E-state index contributed by atoms with van der Waals surface area (Å²) in [7, 11) is 33.4. The molecule has 0 unspecified atom stereocenters. The van der Waals surface area contributed by atoms with Gasteiger partial charge in [-0.2, -0.15) is 0 Å². The van der Waals surface area contributed by atoms with Crippen LogP contribution in [0.2, 0.25) is 0 Å². The average molecular weight is 2010 g/mol. The van der Waals surface area contributed by atoms with Crippen molar-refractivity contribution in [2.75, 3.05) is 165 Å². The fourth-order valence-corrected chi connectivity index (χ4v) is 8.94. The number of hydrogen-bond donors (Lipinski definition) is 0. The van der Waals surface area contributed by atoms with Crippen molar-refractivity contribution in [1.29, 1.82) is 0 Å². The second kappa shape index (κ2) is 69.3. The van der Waals surface area contributed by atoms with E-state index in [-0.39, 0.29) is 81.7 Å². The molecule has 0 saturated carbocycles. The SMILES string of the molecule is C(#Cc1cccc(C#Cc2ccncc2)c1)c1ccncc1.C(#Cc1cccc(C#Cc2ccncc2)c1)c1ccncc1.C(#Cc1cccc(C#Cc2ccncc2)c1)c1ccncc1.C(#Cc1cccc(C#Cc2ccncc2)c1)c1ccncc1.CN(C)CCN(C)C.CN(C)CCN(C)C.CN(C)CCN(C)C.CN(C)CCN(C)C.[Pd+2].[Pd+2].[Pd+2].[Pd+2]. The van der Waals surface area contributed by atoms with Gasteiger partial charge in [0.1, 0.15) is 0 Å². The summed E-state index contributed by atoms with van der Waals surface area (Å²) in [4.78, 5) is 49.3. The van der Waals surface area contributed by atoms with E-state index in [1.54, 1.807) is 99.1 Å². The zero-order valence-electron chi connectivity index (χ0n) is 73.8. The van der Waals surface area contributed by atoms with Crippen molar-refractivity contribution in [2.24, 2.45) is 0 Å². The minimum atomic E-state index is 0. The van der Waals surface area contributed by atoms with E-state index in [9.17, 15) is 0 Å². The first-order chi connectivity index (χ1) is 58.1. The molecule has 124 heavy (non-hydrogen) atoms. The zero-order chi connectivity index (χ0) is 86.4. The summed E-state index contributed by atoms with van der Waals surface area (Å²) in [6.07, 6.45) is 27.8. The number of rotatable bonds is 12. The Morgan fingerprint density at radius 3 is 0.323 bits per heavy atom. The summed E-state index contributed by atoms with van der Waals surface area (Å²) < 4.78 is 0. The van der Waals surface area contributed by atoms with Gasteiger partial charge in [-0.25, -0.2) is 0 Å². The smallest absolute Gasteiger partial charge is 0.308 e. The monoisotopic (exact) mass is 2010 g/mol. The maximum absolute atomic E-state index is 3.98. The Kier molecular flexibility index (Phi) is 62.0. The van der Waals surface area contributed by atoms with Crippen LogP contribution in [-0.2, 0) is 81.7 Å². The van der Waals surface area contributed by atoms with Crippen molar-refractivity contribution in [3.8, 4) is 94.7 Å². The number of nitrogens with zero attached hydrogens (tertiary/aromatic N) is 16. The van der Waals surface area contributed by atoms with Crippen molar-refractivity contribution in [2.45, 2.75) is 0 Å². The quantitative estimate of drug-likeness (QED) is 0.0849. The Balaban J connectivity index is 0.000000733. The van der Waals surface area contributed by atoms with E-state index in [1.807, 2.05) is 194 Å². The van der Waals surface area contributed by atoms with E-state index in [1.165, 1.54) is 0 Å². The first-order valence-electron chi connectivity index (χ1n) is 39.1. The number of aromatic nitrogens is 8. The van der Waals surface area contributed by atoms with E-state index in [2.05, 4.69) is 287 Å². The molecule has 0 saturated heterocycles. The molecule has 20 heteroatoms. The minimum absolute atomic E-state index is 0. The molecule has 8 aromatic heterocycles. The van der Waals surface area contributed by atoms with Gasteiger partial charge in [0.25, 0.3) is 0 Å². The first-order valence-corrected chi connectivity index (χ1v) is 39.1. The summed E-state index contributed by atoms with van der Waals surface area (Å²) in [5.74, 6) is 50.1. The molecule has 0 radical (unpaired) electrons. The van der Waals surface area contributed by atoms with E-state index in [0.717, 1.165) is 141 Å². The number of likely N-dealkylation sites (N-methyl/N-ethyl adjacent to an activating group) is 8. The second-order valence-electron chi connectivity index (χ2n) is 28.6. The molecule has 0 bridgehead atoms. The summed E-state index contributed by atoms with van der Waals surface area (Å²) in [6.45, 7) is 9.17. The van der Waals surface area contributed by atoms with Crippen molar-refractivity contribution in [3.05, 3.63) is 382 Å². The van der Waals surface area contributed by atoms with Gasteiger partial charge in [0.15, 0.2) is 0 Å². The summed E-state index contributed by atoms with van der Waals surface area (Å²) in [5.41, 5.74) is 15.1. The van der Waals surface area contributed by atoms with Crippen LogP contribution in [0.25, 0.3) is 0 Å². The molecule has 4 aromatic carbocycles. The maximum atomic E-state index is 3.98. The molecule has 0 aliphatic carbocycles. The molecule has 0 fully saturated rings. The Labute approximate surface area is 796 Å². The second-order valence-corrected chi connectivity index (χ2v) is 28.6. The van der Waals surface area contributed by atoms with Crippen LogP contribution < -0.4 is 0 Å². The molecular formula is C104H112N16Pd4+8. The van der Waals surface area contributed by atoms with E-state index in [4.69, 9.17) is 0 Å². The molecule has 0 aliphatic heterocycles. The molecule has 0 amide bonds. The van der Waals surface area contributed by atoms with Gasteiger partial charge in [-0.1, -0.05) is 119 Å². The summed E-state index contributed by atoms with van der Waals surface area (Å²) in [6, 6.07) is 61.9. The topological polar surface area (TPSA) is 129 Å². The molecule has 16 nitrogen and oxygen atoms in total. The van der Waals surface area contributed by atoms with E-state index < -0.39 is 0 Å². The molecular weight excluding hydrogens is 1900 g/mol. The van der Waals surface area contributed by atoms with Crippen molar-refractivity contribution in [1.82, 2.24) is 79.1 Å². The van der Waals surface area contributed by atoms with Crippen LogP contribution in [0.15, 0.2) is 293 Å². The molecule has 12 rings (SSSR count). The van der Waals surface area contributed by atoms with Gasteiger partial charge in [0.2, 0.25) is 0 Å². The standard InChI is InChI=1S/4C20H12N2.4C6H16N2.4Pd/c4*1-2-19(6-4-17-8-12-21-13-9-17)16-20(3-1)7-5-18-10-14-22-15-11-18;4*1-7(2)5-6-8(3)4;;;;/h4*1-3,8-16H;4*5-6H2,1-4H3;;;;/q;;;;;;;;4*+2. The fourth-order valence-electron chi connectivity index (χ4n) is 8.94. The van der Waals surface area contributed by atoms with Gasteiger partial charge in [-0.3, -0.25) is 39.9 Å². The third-order valence-electron chi connectivity index (χ3n) is 15.7. The fraction of sp³-hybridized carbons (Fsp3) is 0.231. The van der Waals surface area contributed by atoms with Crippen LogP contribution >= 0.6 is 0 Å². The Morgan fingerprint density at radius 1 is 0.145 bits per heavy atom. The largest absolute Gasteiger partial charge is 2.00 e. The number of benzene rings is 4. The van der Waals surface area contributed by atoms with Crippen molar-refractivity contribution in [3.63, 3.8) is 0 Å².